The van der Waals surface area contributed by atoms with Gasteiger partial charge in [0.05, 0.1) is 0 Å². The van der Waals surface area contributed by atoms with Gasteiger partial charge in [-0.1, -0.05) is 6.07 Å². The van der Waals surface area contributed by atoms with E-state index in [1.54, 1.807) is 0 Å². The lowest BCUT2D eigenvalue weighted by molar-refractivity contribution is -0.699. The van der Waals surface area contributed by atoms with Gasteiger partial charge in [0.25, 0.3) is 0 Å². The first kappa shape index (κ1) is 24.4. The van der Waals surface area contributed by atoms with Crippen LogP contribution in [0.3, 0.4) is 0 Å². The number of hydrogen-bond acceptors (Lipinski definition) is 3. The van der Waals surface area contributed by atoms with Gasteiger partial charge in [0.15, 0.2) is 22.0 Å². The molecule has 0 spiro atoms. The van der Waals surface area contributed by atoms with E-state index in [1.165, 1.54) is 5.69 Å². The van der Waals surface area contributed by atoms with E-state index in [-0.39, 0.29) is 0 Å². The molecule has 0 atom stereocenters. The molecule has 0 aliphatic rings. The second-order valence-corrected chi connectivity index (χ2v) is 6.17. The molecular weight excluding hydrogens is 409 g/mol. The molecule has 1 rings (SSSR count). The van der Waals surface area contributed by atoms with Gasteiger partial charge in [-0.15, -0.1) is 0 Å². The van der Waals surface area contributed by atoms with Crippen LogP contribution in [0.1, 0.15) is 12.6 Å². The molecule has 0 aliphatic carbocycles. The molecule has 0 N–H and O–H groups in total. The summed E-state index contributed by atoms with van der Waals surface area (Å²) >= 11 is 0. The van der Waals surface area contributed by atoms with Crippen LogP contribution < -0.4 is 4.57 Å². The van der Waals surface area contributed by atoms with Crippen LogP contribution in [0, 0.1) is 6.92 Å². The zero-order valence-electron chi connectivity index (χ0n) is 13.0. The Hall–Kier alpha value is -1.57. The quantitative estimate of drug-likeness (QED) is 0.426. The lowest BCUT2D eigenvalue weighted by atomic mass is 10.1. The summed E-state index contributed by atoms with van der Waals surface area (Å²) in [5, 5.41) is -7.11. The van der Waals surface area contributed by atoms with E-state index >= 15 is 0 Å². The largest absolute Gasteiger partial charge is 0.743 e. The molecule has 152 valence electrons. The average Bonchev–Trinajstić information content (AvgIpc) is 2.45. The predicted molar refractivity (Wildman–Crippen MR) is 67.6 cm³/mol. The smallest absolute Gasteiger partial charge is 0.460 e. The highest BCUT2D eigenvalue weighted by atomic mass is 32.2. The highest BCUT2D eigenvalue weighted by Crippen LogP contribution is 2.54. The summed E-state index contributed by atoms with van der Waals surface area (Å²) in [6.45, 7) is 5.32. The van der Waals surface area contributed by atoms with E-state index in [0.29, 0.717) is 0 Å². The Morgan fingerprint density at radius 1 is 0.962 bits per heavy atom. The summed E-state index contributed by atoms with van der Waals surface area (Å²) < 4.78 is 138. The molecule has 1 aromatic heterocycles. The molecule has 14 heteroatoms. The van der Waals surface area contributed by atoms with Crippen molar-refractivity contribution < 1.29 is 57.1 Å². The number of aryl methyl sites for hydroxylation is 2. The van der Waals surface area contributed by atoms with Crippen LogP contribution in [0.15, 0.2) is 24.4 Å². The monoisotopic (exact) mass is 421 g/mol. The van der Waals surface area contributed by atoms with Crippen molar-refractivity contribution in [1.82, 2.24) is 0 Å². The lowest BCUT2D eigenvalue weighted by Gasteiger charge is -2.34. The number of hydrogen-bond donors (Lipinski definition) is 0. The van der Waals surface area contributed by atoms with Crippen LogP contribution in [-0.2, 0) is 16.7 Å². The van der Waals surface area contributed by atoms with Gasteiger partial charge in [0, 0.05) is 19.1 Å². The van der Waals surface area contributed by atoms with Crippen molar-refractivity contribution in [2.24, 2.45) is 0 Å². The molecule has 0 fully saturated rings. The fourth-order valence-electron chi connectivity index (χ4n) is 1.43. The Balaban J connectivity index is 0.000000577. The molecule has 4 nitrogen and oxygen atoms in total. The topological polar surface area (TPSA) is 61.1 Å². The third kappa shape index (κ3) is 4.58. The van der Waals surface area contributed by atoms with Crippen molar-refractivity contribution in [3.8, 4) is 0 Å². The van der Waals surface area contributed by atoms with Crippen LogP contribution in [0.5, 0.6) is 0 Å². The SMILES string of the molecule is CC[n+]1ccccc1C.O=S(=O)([O-])C(F)(F)C(F)(F)C(F)(F)C(F)(F)F. The van der Waals surface area contributed by atoms with Crippen LogP contribution >= 0.6 is 0 Å². The Morgan fingerprint density at radius 2 is 1.42 bits per heavy atom. The van der Waals surface area contributed by atoms with Crippen LogP contribution in [0.2, 0.25) is 0 Å². The minimum absolute atomic E-state index is 1.06. The molecule has 26 heavy (non-hydrogen) atoms. The highest BCUT2D eigenvalue weighted by Gasteiger charge is 2.83. The van der Waals surface area contributed by atoms with Gasteiger partial charge >= 0.3 is 23.3 Å². The summed E-state index contributed by atoms with van der Waals surface area (Å²) in [5.74, 6) is -14.8. The molecule has 0 radical (unpaired) electrons. The molecule has 0 saturated carbocycles. The van der Waals surface area contributed by atoms with Gasteiger partial charge in [-0.3, -0.25) is 0 Å². The summed E-state index contributed by atoms with van der Waals surface area (Å²) in [6, 6.07) is 6.22. The van der Waals surface area contributed by atoms with Crippen molar-refractivity contribution in [1.29, 1.82) is 0 Å². The zero-order chi connectivity index (χ0) is 21.2. The van der Waals surface area contributed by atoms with Crippen molar-refractivity contribution in [3.63, 3.8) is 0 Å². The Morgan fingerprint density at radius 3 is 1.69 bits per heavy atom. The first-order valence-corrected chi connectivity index (χ1v) is 7.86. The van der Waals surface area contributed by atoms with Gasteiger partial charge in [0.2, 0.25) is 0 Å². The van der Waals surface area contributed by atoms with E-state index in [2.05, 4.69) is 42.8 Å². The molecule has 0 unspecified atom stereocenters. The number of rotatable bonds is 4. The highest BCUT2D eigenvalue weighted by molar-refractivity contribution is 7.86. The first-order valence-electron chi connectivity index (χ1n) is 6.45. The van der Waals surface area contributed by atoms with Crippen LogP contribution in [0.25, 0.3) is 0 Å². The standard InChI is InChI=1S/C8H12N.C4HF9O3S/c1-3-9-7-5-4-6-8(9)2;5-1(6,3(9,10)11)2(7,8)4(12,13)17(14,15)16/h4-7H,3H2,1-2H3;(H,14,15,16)/q+1;/p-1. The van der Waals surface area contributed by atoms with Crippen molar-refractivity contribution in [2.45, 2.75) is 43.7 Å². The molecule has 0 amide bonds. The summed E-state index contributed by atoms with van der Waals surface area (Å²) in [5.41, 5.74) is 1.32. The van der Waals surface area contributed by atoms with Crippen LogP contribution in [-0.4, -0.2) is 36.2 Å². The second-order valence-electron chi connectivity index (χ2n) is 4.75. The van der Waals surface area contributed by atoms with Crippen molar-refractivity contribution >= 4 is 10.1 Å². The molecule has 0 bridgehead atoms. The lowest BCUT2D eigenvalue weighted by Crippen LogP contribution is -2.63. The second kappa shape index (κ2) is 7.58. The number of alkyl halides is 9. The van der Waals surface area contributed by atoms with E-state index in [9.17, 15) is 52.5 Å². The molecule has 1 heterocycles. The van der Waals surface area contributed by atoms with Gasteiger partial charge in [-0.2, -0.15) is 39.5 Å². The zero-order valence-corrected chi connectivity index (χ0v) is 13.8. The third-order valence-electron chi connectivity index (χ3n) is 2.94. The first-order chi connectivity index (χ1) is 11.3. The molecule has 0 aromatic carbocycles. The van der Waals surface area contributed by atoms with Gasteiger partial charge in [0.1, 0.15) is 6.54 Å². The summed E-state index contributed by atoms with van der Waals surface area (Å²) in [7, 11) is -7.42. The van der Waals surface area contributed by atoms with Crippen LogP contribution in [0.4, 0.5) is 39.5 Å². The maximum atomic E-state index is 12.2. The fraction of sp³-hybridized carbons (Fsp3) is 0.583. The average molecular weight is 421 g/mol. The summed E-state index contributed by atoms with van der Waals surface area (Å²) in [4.78, 5) is 0. The number of pyridine rings is 1. The van der Waals surface area contributed by atoms with E-state index in [0.717, 1.165) is 6.54 Å². The molecule has 1 aromatic rings. The molecular formula is C12H12F9NO3S. The summed E-state index contributed by atoms with van der Waals surface area (Å²) in [6.07, 6.45) is -5.07. The fourth-order valence-corrected chi connectivity index (χ4v) is 1.88. The number of halogens is 9. The Labute approximate surface area is 142 Å². The van der Waals surface area contributed by atoms with E-state index in [1.807, 2.05) is 0 Å². The minimum Gasteiger partial charge on any atom is -0.743 e. The number of nitrogens with zero attached hydrogens (tertiary/aromatic N) is 1. The van der Waals surface area contributed by atoms with E-state index in [4.69, 9.17) is 0 Å². The maximum absolute atomic E-state index is 12.2. The van der Waals surface area contributed by atoms with Gasteiger partial charge < -0.3 is 4.55 Å². The Kier molecular flexibility index (Phi) is 7.12. The molecule has 0 saturated heterocycles. The normalized spacial score (nSPS) is 13.8. The van der Waals surface area contributed by atoms with Gasteiger partial charge in [-0.25, -0.2) is 13.0 Å². The maximum Gasteiger partial charge on any atom is 0.460 e. The third-order valence-corrected chi connectivity index (χ3v) is 3.82. The van der Waals surface area contributed by atoms with Crippen molar-refractivity contribution in [3.05, 3.63) is 30.1 Å². The number of aromatic nitrogens is 1. The minimum atomic E-state index is -7.43. The van der Waals surface area contributed by atoms with Crippen molar-refractivity contribution in [2.75, 3.05) is 0 Å². The molecule has 0 aliphatic heterocycles. The Bertz CT molecular complexity index is 717. The van der Waals surface area contributed by atoms with Gasteiger partial charge in [-0.05, 0) is 6.92 Å². The van der Waals surface area contributed by atoms with E-state index < -0.39 is 33.4 Å². The predicted octanol–water partition coefficient (Wildman–Crippen LogP) is 3.26.